The molecule has 0 saturated carbocycles. The van der Waals surface area contributed by atoms with Gasteiger partial charge in [-0.15, -0.1) is 0 Å². The number of carbonyl (C=O) groups is 1. The highest BCUT2D eigenvalue weighted by molar-refractivity contribution is 6.03. The van der Waals surface area contributed by atoms with Crippen LogP contribution in [0.25, 0.3) is 22.4 Å². The average Bonchev–Trinajstić information content (AvgIpc) is 3.46. The molecule has 1 fully saturated rings. The van der Waals surface area contributed by atoms with Crippen molar-refractivity contribution >= 4 is 11.6 Å². The molecule has 3 atom stereocenters. The van der Waals surface area contributed by atoms with E-state index in [2.05, 4.69) is 21.8 Å². The molecule has 0 bridgehead atoms. The molecule has 3 N–H and O–H groups in total. The summed E-state index contributed by atoms with van der Waals surface area (Å²) in [4.78, 5) is 42.7. The maximum absolute atomic E-state index is 13.1. The molecule has 1 saturated heterocycles. The summed E-state index contributed by atoms with van der Waals surface area (Å²) in [6.45, 7) is 4.91. The van der Waals surface area contributed by atoms with E-state index < -0.39 is 23.3 Å². The topological polar surface area (TPSA) is 150 Å². The van der Waals surface area contributed by atoms with E-state index >= 15 is 0 Å². The number of anilines is 1. The van der Waals surface area contributed by atoms with E-state index in [0.717, 1.165) is 67.6 Å². The highest BCUT2D eigenvalue weighted by Gasteiger charge is 2.33. The molecule has 6 rings (SSSR count). The Kier molecular flexibility index (Phi) is 8.60. The number of nitrogens with zero attached hydrogens (tertiary/aromatic N) is 4. The molecule has 1 amide bonds. The van der Waals surface area contributed by atoms with Crippen LogP contribution >= 0.6 is 0 Å². The van der Waals surface area contributed by atoms with E-state index in [4.69, 9.17) is 14.5 Å². The third kappa shape index (κ3) is 5.63. The second-order valence-electron chi connectivity index (χ2n) is 11.9. The Labute approximate surface area is 266 Å². The molecule has 0 spiro atoms. The summed E-state index contributed by atoms with van der Waals surface area (Å²) in [5.74, 6) is -0.122. The second-order valence-corrected chi connectivity index (χ2v) is 11.9. The summed E-state index contributed by atoms with van der Waals surface area (Å²) in [7, 11) is 4.33. The monoisotopic (exact) mass is 626 g/mol. The van der Waals surface area contributed by atoms with Crippen LogP contribution < -0.4 is 26.6 Å². The molecule has 4 aromatic rings. The van der Waals surface area contributed by atoms with Crippen LogP contribution in [0.3, 0.4) is 0 Å². The predicted molar refractivity (Wildman–Crippen MR) is 173 cm³/mol. The fraction of sp³-hybridized carbons (Fsp3) is 0.382. The van der Waals surface area contributed by atoms with Crippen LogP contribution in [0.2, 0.25) is 0 Å². The lowest BCUT2D eigenvalue weighted by Crippen LogP contribution is -2.47. The molecule has 0 radical (unpaired) electrons. The quantitative estimate of drug-likeness (QED) is 0.282. The summed E-state index contributed by atoms with van der Waals surface area (Å²) in [6, 6.07) is 13.8. The number of aliphatic hydroxyl groups is 1. The van der Waals surface area contributed by atoms with Crippen molar-refractivity contribution in [3.8, 4) is 28.3 Å². The number of rotatable bonds is 7. The molecule has 0 unspecified atom stereocenters. The second kappa shape index (κ2) is 12.6. The molecule has 240 valence electrons. The van der Waals surface area contributed by atoms with Crippen LogP contribution in [0.1, 0.15) is 51.6 Å². The first kappa shape index (κ1) is 31.3. The Morgan fingerprint density at radius 1 is 1.04 bits per heavy atom. The number of amides is 1. The number of aryl methyl sites for hydroxylation is 2. The highest BCUT2D eigenvalue weighted by atomic mass is 16.5. The summed E-state index contributed by atoms with van der Waals surface area (Å²) in [6.07, 6.45) is 1.96. The SMILES string of the molecule is COc1nc(-c2cccc(-c3cccc(NC(=O)c4nn(C)c(=O)n(C)c4=O)c3C)c2C)cc2c1[C@@H](N[C@@H]1CCOC[C@H]1O)CC2. The number of fused-ring (bicyclic) bond motifs is 1. The Bertz CT molecular complexity index is 1950. The smallest absolute Gasteiger partial charge is 0.346 e. The molecule has 12 nitrogen and oxygen atoms in total. The van der Waals surface area contributed by atoms with Gasteiger partial charge in [0.1, 0.15) is 0 Å². The molecule has 2 aliphatic rings. The molecule has 2 aromatic heterocycles. The highest BCUT2D eigenvalue weighted by Crippen LogP contribution is 2.41. The molecule has 3 heterocycles. The van der Waals surface area contributed by atoms with Crippen LogP contribution in [-0.4, -0.2) is 62.8 Å². The van der Waals surface area contributed by atoms with Gasteiger partial charge >= 0.3 is 5.69 Å². The van der Waals surface area contributed by atoms with Gasteiger partial charge in [-0.1, -0.05) is 30.3 Å². The van der Waals surface area contributed by atoms with Gasteiger partial charge < -0.3 is 25.2 Å². The normalized spacial score (nSPS) is 19.1. The minimum Gasteiger partial charge on any atom is -0.481 e. The number of aromatic nitrogens is 4. The minimum absolute atomic E-state index is 0.0356. The molecule has 12 heteroatoms. The first-order valence-corrected chi connectivity index (χ1v) is 15.3. The Hall–Kier alpha value is -4.65. The van der Waals surface area contributed by atoms with Gasteiger partial charge in [-0.25, -0.2) is 14.5 Å². The van der Waals surface area contributed by atoms with Gasteiger partial charge in [0, 0.05) is 49.6 Å². The largest absolute Gasteiger partial charge is 0.481 e. The van der Waals surface area contributed by atoms with Crippen LogP contribution in [0.5, 0.6) is 5.88 Å². The van der Waals surface area contributed by atoms with E-state index in [-0.39, 0.29) is 17.8 Å². The number of hydrogen-bond donors (Lipinski definition) is 3. The van der Waals surface area contributed by atoms with E-state index in [1.54, 1.807) is 13.2 Å². The summed E-state index contributed by atoms with van der Waals surface area (Å²) >= 11 is 0. The fourth-order valence-corrected chi connectivity index (χ4v) is 6.53. The zero-order valence-corrected chi connectivity index (χ0v) is 26.6. The van der Waals surface area contributed by atoms with E-state index in [1.807, 2.05) is 44.2 Å². The maximum Gasteiger partial charge on any atom is 0.346 e. The molecule has 1 aliphatic heterocycles. The Balaban J connectivity index is 1.31. The average molecular weight is 627 g/mol. The molecular formula is C34H38N6O6. The van der Waals surface area contributed by atoms with Crippen molar-refractivity contribution in [2.24, 2.45) is 14.1 Å². The summed E-state index contributed by atoms with van der Waals surface area (Å²) < 4.78 is 13.1. The van der Waals surface area contributed by atoms with Crippen molar-refractivity contribution in [3.63, 3.8) is 0 Å². The number of pyridine rings is 1. The van der Waals surface area contributed by atoms with Crippen molar-refractivity contribution in [2.75, 3.05) is 25.6 Å². The number of nitrogens with one attached hydrogen (secondary N) is 2. The van der Waals surface area contributed by atoms with E-state index in [9.17, 15) is 19.5 Å². The molecule has 46 heavy (non-hydrogen) atoms. The fourth-order valence-electron chi connectivity index (χ4n) is 6.53. The Morgan fingerprint density at radius 3 is 2.50 bits per heavy atom. The van der Waals surface area contributed by atoms with Gasteiger partial charge in [-0.3, -0.25) is 14.2 Å². The third-order valence-corrected chi connectivity index (χ3v) is 9.11. The lowest BCUT2D eigenvalue weighted by molar-refractivity contribution is -0.0304. The molecule has 2 aromatic carbocycles. The van der Waals surface area contributed by atoms with Crippen LogP contribution in [-0.2, 0) is 25.3 Å². The maximum atomic E-state index is 13.1. The molecular weight excluding hydrogens is 588 g/mol. The zero-order chi connectivity index (χ0) is 32.7. The number of ether oxygens (including phenoxy) is 2. The third-order valence-electron chi connectivity index (χ3n) is 9.11. The van der Waals surface area contributed by atoms with Crippen molar-refractivity contribution in [2.45, 2.75) is 51.3 Å². The van der Waals surface area contributed by atoms with Gasteiger partial charge in [-0.05, 0) is 73.1 Å². The standard InChI is InChI=1S/C34H38N6O6/c1-18-21(22-9-7-11-24(19(22)2)36-31(42)30-33(43)39(3)34(44)40(4)38-30)8-6-10-23(18)27-16-20-12-13-26(29(20)32(37-27)45-5)35-25-14-15-46-17-28(25)41/h6-11,16,25-26,28,35,41H,12-15,17H2,1-5H3,(H,36,42)/t25-,26+,28-/m1/s1. The Morgan fingerprint density at radius 2 is 1.76 bits per heavy atom. The zero-order valence-electron chi connectivity index (χ0n) is 26.6. The van der Waals surface area contributed by atoms with E-state index in [1.165, 1.54) is 19.7 Å². The van der Waals surface area contributed by atoms with Crippen LogP contribution in [0.4, 0.5) is 5.69 Å². The van der Waals surface area contributed by atoms with Crippen molar-refractivity contribution in [1.29, 1.82) is 0 Å². The first-order valence-electron chi connectivity index (χ1n) is 15.3. The van der Waals surface area contributed by atoms with Gasteiger partial charge in [0.2, 0.25) is 11.6 Å². The number of methoxy groups -OCH3 is 1. The van der Waals surface area contributed by atoms with Crippen LogP contribution in [0, 0.1) is 13.8 Å². The number of benzene rings is 2. The van der Waals surface area contributed by atoms with Gasteiger partial charge in [0.05, 0.1) is 25.5 Å². The van der Waals surface area contributed by atoms with Crippen molar-refractivity contribution in [1.82, 2.24) is 24.6 Å². The minimum atomic E-state index is -0.765. The van der Waals surface area contributed by atoms with Gasteiger partial charge in [0.15, 0.2) is 0 Å². The van der Waals surface area contributed by atoms with Crippen molar-refractivity contribution < 1.29 is 19.4 Å². The predicted octanol–water partition coefficient (Wildman–Crippen LogP) is 2.81. The lowest BCUT2D eigenvalue weighted by atomic mass is 9.91. The van der Waals surface area contributed by atoms with E-state index in [0.29, 0.717) is 24.8 Å². The number of aliphatic hydroxyl groups excluding tert-OH is 1. The lowest BCUT2D eigenvalue weighted by Gasteiger charge is -2.31. The number of carbonyl (C=O) groups excluding carboxylic acids is 1. The van der Waals surface area contributed by atoms with Crippen LogP contribution in [0.15, 0.2) is 52.1 Å². The van der Waals surface area contributed by atoms with Crippen molar-refractivity contribution in [3.05, 3.63) is 91.3 Å². The summed E-state index contributed by atoms with van der Waals surface area (Å²) in [5.41, 5.74) is 6.45. The molecule has 1 aliphatic carbocycles. The first-order chi connectivity index (χ1) is 22.1. The summed E-state index contributed by atoms with van der Waals surface area (Å²) in [5, 5.41) is 20.8. The number of hydrogen-bond acceptors (Lipinski definition) is 9. The van der Waals surface area contributed by atoms with Gasteiger partial charge in [0.25, 0.3) is 11.5 Å². The van der Waals surface area contributed by atoms with Gasteiger partial charge in [-0.2, -0.15) is 5.10 Å².